The number of carbonyl (C=O) groups is 1. The summed E-state index contributed by atoms with van der Waals surface area (Å²) in [7, 11) is 0. The van der Waals surface area contributed by atoms with E-state index in [1.807, 2.05) is 70.2 Å². The molecular formula is C22H27NO3. The molecule has 0 spiro atoms. The number of amides is 1. The molecule has 4 heteroatoms. The molecule has 1 heterocycles. The predicted molar refractivity (Wildman–Crippen MR) is 103 cm³/mol. The average molecular weight is 353 g/mol. The van der Waals surface area contributed by atoms with Gasteiger partial charge >= 0.3 is 0 Å². The lowest BCUT2D eigenvalue weighted by molar-refractivity contribution is -0.128. The third-order valence-corrected chi connectivity index (χ3v) is 4.71. The Morgan fingerprint density at radius 3 is 2.69 bits per heavy atom. The monoisotopic (exact) mass is 353 g/mol. The van der Waals surface area contributed by atoms with Gasteiger partial charge in [-0.3, -0.25) is 4.79 Å². The average Bonchev–Trinajstić information content (AvgIpc) is 2.55. The molecule has 2 unspecified atom stereocenters. The summed E-state index contributed by atoms with van der Waals surface area (Å²) in [6.07, 6.45) is 0.141. The zero-order valence-electron chi connectivity index (χ0n) is 16.1. The molecule has 0 saturated carbocycles. The summed E-state index contributed by atoms with van der Waals surface area (Å²) < 4.78 is 12.0. The van der Waals surface area contributed by atoms with Crippen molar-refractivity contribution >= 4 is 5.91 Å². The van der Waals surface area contributed by atoms with Gasteiger partial charge in [-0.05, 0) is 57.9 Å². The molecule has 0 aliphatic carbocycles. The molecule has 26 heavy (non-hydrogen) atoms. The molecule has 4 nitrogen and oxygen atoms in total. The van der Waals surface area contributed by atoms with E-state index in [9.17, 15) is 4.79 Å². The Morgan fingerprint density at radius 1 is 1.23 bits per heavy atom. The number of para-hydroxylation sites is 1. The Hall–Kier alpha value is -2.49. The topological polar surface area (TPSA) is 47.6 Å². The molecule has 1 N–H and O–H groups in total. The van der Waals surface area contributed by atoms with Crippen LogP contribution >= 0.6 is 0 Å². The van der Waals surface area contributed by atoms with Crippen molar-refractivity contribution in [2.24, 2.45) is 0 Å². The first kappa shape index (κ1) is 18.3. The summed E-state index contributed by atoms with van der Waals surface area (Å²) in [5.41, 5.74) is 2.84. The van der Waals surface area contributed by atoms with Crippen LogP contribution in [0.25, 0.3) is 0 Å². The van der Waals surface area contributed by atoms with Crippen molar-refractivity contribution in [3.63, 3.8) is 0 Å². The van der Waals surface area contributed by atoms with Gasteiger partial charge in [0, 0.05) is 12.0 Å². The Labute approximate surface area is 155 Å². The van der Waals surface area contributed by atoms with Crippen molar-refractivity contribution < 1.29 is 14.3 Å². The second-order valence-electron chi connectivity index (χ2n) is 7.69. The highest BCUT2D eigenvalue weighted by Gasteiger charge is 2.35. The van der Waals surface area contributed by atoms with Gasteiger partial charge in [-0.25, -0.2) is 0 Å². The van der Waals surface area contributed by atoms with Crippen LogP contribution in [0.4, 0.5) is 0 Å². The van der Waals surface area contributed by atoms with Crippen LogP contribution in [-0.4, -0.2) is 17.6 Å². The Bertz CT molecular complexity index is 813. The van der Waals surface area contributed by atoms with Crippen LogP contribution < -0.4 is 14.8 Å². The predicted octanol–water partition coefficient (Wildman–Crippen LogP) is 4.49. The molecule has 138 valence electrons. The van der Waals surface area contributed by atoms with Crippen LogP contribution in [0, 0.1) is 13.8 Å². The first-order chi connectivity index (χ1) is 12.2. The molecule has 0 fully saturated rings. The Morgan fingerprint density at radius 2 is 1.96 bits per heavy atom. The molecule has 0 saturated heterocycles. The highest BCUT2D eigenvalue weighted by atomic mass is 16.5. The van der Waals surface area contributed by atoms with Gasteiger partial charge in [0.05, 0.1) is 6.04 Å². The van der Waals surface area contributed by atoms with Gasteiger partial charge < -0.3 is 14.8 Å². The van der Waals surface area contributed by atoms with Crippen molar-refractivity contribution in [3.8, 4) is 11.5 Å². The summed E-state index contributed by atoms with van der Waals surface area (Å²) >= 11 is 0. The van der Waals surface area contributed by atoms with E-state index < -0.39 is 6.10 Å². The van der Waals surface area contributed by atoms with Crippen LogP contribution in [0.1, 0.15) is 49.9 Å². The normalized spacial score (nSPS) is 19.0. The second-order valence-corrected chi connectivity index (χ2v) is 7.69. The summed E-state index contributed by atoms with van der Waals surface area (Å²) in [5, 5.41) is 3.15. The number of fused-ring (bicyclic) bond motifs is 1. The van der Waals surface area contributed by atoms with Crippen molar-refractivity contribution in [2.45, 2.75) is 58.8 Å². The molecule has 0 aromatic heterocycles. The molecule has 2 atom stereocenters. The maximum Gasteiger partial charge on any atom is 0.261 e. The number of nitrogens with one attached hydrogen (secondary N) is 1. The number of benzene rings is 2. The van der Waals surface area contributed by atoms with E-state index in [2.05, 4.69) is 5.32 Å². The summed E-state index contributed by atoms with van der Waals surface area (Å²) in [6.45, 7) is 9.88. The van der Waals surface area contributed by atoms with Gasteiger partial charge in [0.25, 0.3) is 5.91 Å². The van der Waals surface area contributed by atoms with Crippen LogP contribution in [0.2, 0.25) is 0 Å². The summed E-state index contributed by atoms with van der Waals surface area (Å²) in [4.78, 5) is 12.7. The van der Waals surface area contributed by atoms with Crippen molar-refractivity contribution in [1.29, 1.82) is 0 Å². The lowest BCUT2D eigenvalue weighted by atomic mass is 9.89. The lowest BCUT2D eigenvalue weighted by Gasteiger charge is -2.38. The molecule has 0 radical (unpaired) electrons. The lowest BCUT2D eigenvalue weighted by Crippen LogP contribution is -2.44. The van der Waals surface area contributed by atoms with Crippen molar-refractivity contribution in [3.05, 3.63) is 59.2 Å². The fraction of sp³-hybridized carbons (Fsp3) is 0.409. The largest absolute Gasteiger partial charge is 0.487 e. The minimum absolute atomic E-state index is 0.0928. The first-order valence-electron chi connectivity index (χ1n) is 9.07. The summed E-state index contributed by atoms with van der Waals surface area (Å²) in [6, 6.07) is 13.7. The van der Waals surface area contributed by atoms with E-state index in [-0.39, 0.29) is 17.6 Å². The van der Waals surface area contributed by atoms with Crippen LogP contribution in [0.5, 0.6) is 11.5 Å². The molecule has 0 bridgehead atoms. The van der Waals surface area contributed by atoms with Gasteiger partial charge in [-0.1, -0.05) is 30.3 Å². The van der Waals surface area contributed by atoms with E-state index in [4.69, 9.17) is 9.47 Å². The minimum Gasteiger partial charge on any atom is -0.487 e. The maximum atomic E-state index is 12.7. The molecule has 1 aliphatic heterocycles. The second kappa shape index (κ2) is 7.02. The molecule has 1 amide bonds. The van der Waals surface area contributed by atoms with Crippen molar-refractivity contribution in [1.82, 2.24) is 5.32 Å². The number of ether oxygens (including phenoxy) is 2. The van der Waals surface area contributed by atoms with E-state index in [1.165, 1.54) is 0 Å². The molecule has 1 aliphatic rings. The van der Waals surface area contributed by atoms with Gasteiger partial charge in [0.1, 0.15) is 17.1 Å². The van der Waals surface area contributed by atoms with E-state index in [0.717, 1.165) is 28.2 Å². The van der Waals surface area contributed by atoms with Gasteiger partial charge in [0.2, 0.25) is 0 Å². The van der Waals surface area contributed by atoms with Crippen LogP contribution in [0.15, 0.2) is 42.5 Å². The Balaban J connectivity index is 1.75. The fourth-order valence-electron chi connectivity index (χ4n) is 3.31. The molecule has 3 rings (SSSR count). The maximum absolute atomic E-state index is 12.7. The fourth-order valence-corrected chi connectivity index (χ4v) is 3.31. The number of hydrogen-bond acceptors (Lipinski definition) is 3. The zero-order valence-corrected chi connectivity index (χ0v) is 16.1. The highest BCUT2D eigenvalue weighted by molar-refractivity contribution is 5.81. The van der Waals surface area contributed by atoms with Crippen LogP contribution in [-0.2, 0) is 4.79 Å². The number of rotatable bonds is 4. The molecular weight excluding hydrogens is 326 g/mol. The minimum atomic E-state index is -0.573. The third-order valence-electron chi connectivity index (χ3n) is 4.71. The first-order valence-corrected chi connectivity index (χ1v) is 9.07. The van der Waals surface area contributed by atoms with E-state index in [1.54, 1.807) is 6.92 Å². The van der Waals surface area contributed by atoms with Crippen molar-refractivity contribution in [2.75, 3.05) is 0 Å². The SMILES string of the molecule is Cc1ccc2c(c1)OC(C)(C)CC2NC(=O)C(C)Oc1ccccc1C. The Kier molecular flexibility index (Phi) is 4.94. The standard InChI is InChI=1S/C22H27NO3/c1-14-10-11-17-18(13-22(4,5)26-20(17)12-14)23-21(24)16(3)25-19-9-7-6-8-15(19)2/h6-12,16,18H,13H2,1-5H3,(H,23,24). The number of aryl methyl sites for hydroxylation is 2. The van der Waals surface area contributed by atoms with Crippen LogP contribution in [0.3, 0.4) is 0 Å². The van der Waals surface area contributed by atoms with E-state index >= 15 is 0 Å². The quantitative estimate of drug-likeness (QED) is 0.881. The molecule has 2 aromatic rings. The highest BCUT2D eigenvalue weighted by Crippen LogP contribution is 2.40. The zero-order chi connectivity index (χ0) is 18.9. The van der Waals surface area contributed by atoms with Gasteiger partial charge in [0.15, 0.2) is 6.10 Å². The number of hydrogen-bond donors (Lipinski definition) is 1. The summed E-state index contributed by atoms with van der Waals surface area (Å²) in [5.74, 6) is 1.46. The van der Waals surface area contributed by atoms with Gasteiger partial charge in [-0.15, -0.1) is 0 Å². The number of carbonyl (C=O) groups excluding carboxylic acids is 1. The van der Waals surface area contributed by atoms with E-state index in [0.29, 0.717) is 6.42 Å². The smallest absolute Gasteiger partial charge is 0.261 e. The third kappa shape index (κ3) is 4.01. The van der Waals surface area contributed by atoms with Gasteiger partial charge in [-0.2, -0.15) is 0 Å². The molecule has 2 aromatic carbocycles.